The number of nitrogens with zero attached hydrogens (tertiary/aromatic N) is 2. The molecule has 19 heavy (non-hydrogen) atoms. The van der Waals surface area contributed by atoms with E-state index < -0.39 is 5.95 Å². The lowest BCUT2D eigenvalue weighted by molar-refractivity contribution is 0.102. The largest absolute Gasteiger partial charge is 0.378 e. The summed E-state index contributed by atoms with van der Waals surface area (Å²) in [5.41, 5.74) is 1.94. The molecule has 5 heteroatoms. The lowest BCUT2D eigenvalue weighted by atomic mass is 10.2. The molecule has 0 fully saturated rings. The lowest BCUT2D eigenvalue weighted by Crippen LogP contribution is -2.13. The van der Waals surface area contributed by atoms with Crippen LogP contribution >= 0.6 is 0 Å². The Labute approximate surface area is 110 Å². The van der Waals surface area contributed by atoms with Gasteiger partial charge in [-0.3, -0.25) is 4.79 Å². The van der Waals surface area contributed by atoms with Crippen molar-refractivity contribution < 1.29 is 9.18 Å². The molecular weight excluding hydrogens is 245 g/mol. The zero-order valence-electron chi connectivity index (χ0n) is 10.7. The van der Waals surface area contributed by atoms with E-state index in [1.54, 1.807) is 12.1 Å². The van der Waals surface area contributed by atoms with Gasteiger partial charge in [0.15, 0.2) is 0 Å². The normalized spacial score (nSPS) is 10.1. The number of pyridine rings is 1. The number of amides is 1. The molecule has 0 atom stereocenters. The Kier molecular flexibility index (Phi) is 3.75. The molecule has 2 aromatic rings. The molecule has 0 unspecified atom stereocenters. The maximum atomic E-state index is 12.9. The van der Waals surface area contributed by atoms with E-state index in [-0.39, 0.29) is 11.5 Å². The highest BCUT2D eigenvalue weighted by molar-refractivity contribution is 6.04. The van der Waals surface area contributed by atoms with Crippen molar-refractivity contribution in [1.29, 1.82) is 0 Å². The molecule has 1 amide bonds. The van der Waals surface area contributed by atoms with Gasteiger partial charge in [0.25, 0.3) is 5.91 Å². The molecule has 0 saturated heterocycles. The van der Waals surface area contributed by atoms with Gasteiger partial charge in [-0.15, -0.1) is 0 Å². The maximum absolute atomic E-state index is 12.9. The number of anilines is 2. The van der Waals surface area contributed by atoms with Crippen LogP contribution in [0.1, 0.15) is 10.4 Å². The second kappa shape index (κ2) is 5.48. The summed E-state index contributed by atoms with van der Waals surface area (Å²) in [4.78, 5) is 17.2. The summed E-state index contributed by atoms with van der Waals surface area (Å²) in [6.07, 6.45) is 1.26. The number of benzene rings is 1. The van der Waals surface area contributed by atoms with Gasteiger partial charge >= 0.3 is 0 Å². The average Bonchev–Trinajstić information content (AvgIpc) is 2.39. The van der Waals surface area contributed by atoms with Gasteiger partial charge in [-0.05, 0) is 30.3 Å². The summed E-state index contributed by atoms with van der Waals surface area (Å²) in [6, 6.07) is 9.94. The van der Waals surface area contributed by atoms with Crippen molar-refractivity contribution in [1.82, 2.24) is 4.98 Å². The first-order valence-electron chi connectivity index (χ1n) is 5.76. The molecule has 0 bridgehead atoms. The van der Waals surface area contributed by atoms with Crippen LogP contribution in [-0.4, -0.2) is 25.0 Å². The third-order valence-corrected chi connectivity index (χ3v) is 2.63. The minimum absolute atomic E-state index is 0.240. The Morgan fingerprint density at radius 3 is 2.47 bits per heavy atom. The van der Waals surface area contributed by atoms with E-state index in [2.05, 4.69) is 10.3 Å². The van der Waals surface area contributed by atoms with Gasteiger partial charge in [0.05, 0.1) is 0 Å². The fourth-order valence-electron chi connectivity index (χ4n) is 1.59. The van der Waals surface area contributed by atoms with E-state index in [9.17, 15) is 9.18 Å². The van der Waals surface area contributed by atoms with Crippen molar-refractivity contribution in [2.24, 2.45) is 0 Å². The van der Waals surface area contributed by atoms with Crippen molar-refractivity contribution in [3.05, 3.63) is 54.1 Å². The summed E-state index contributed by atoms with van der Waals surface area (Å²) in [7, 11) is 3.88. The molecule has 1 heterocycles. The van der Waals surface area contributed by atoms with Crippen LogP contribution < -0.4 is 10.2 Å². The molecule has 0 saturated carbocycles. The molecule has 1 N–H and O–H groups in total. The number of hydrogen-bond acceptors (Lipinski definition) is 3. The van der Waals surface area contributed by atoms with Gasteiger partial charge in [0.2, 0.25) is 5.95 Å². The van der Waals surface area contributed by atoms with Crippen LogP contribution in [0.15, 0.2) is 42.6 Å². The van der Waals surface area contributed by atoms with Crippen LogP contribution in [0.2, 0.25) is 0 Å². The van der Waals surface area contributed by atoms with Crippen molar-refractivity contribution in [2.75, 3.05) is 24.3 Å². The van der Waals surface area contributed by atoms with Crippen LogP contribution in [0, 0.1) is 5.95 Å². The molecule has 1 aromatic heterocycles. The maximum Gasteiger partial charge on any atom is 0.255 e. The fourth-order valence-corrected chi connectivity index (χ4v) is 1.59. The highest BCUT2D eigenvalue weighted by atomic mass is 19.1. The van der Waals surface area contributed by atoms with Gasteiger partial charge in [-0.2, -0.15) is 4.39 Å². The number of halogens is 1. The molecule has 0 spiro atoms. The van der Waals surface area contributed by atoms with Crippen molar-refractivity contribution >= 4 is 17.3 Å². The lowest BCUT2D eigenvalue weighted by Gasteiger charge is -2.13. The zero-order valence-corrected chi connectivity index (χ0v) is 10.7. The molecule has 98 valence electrons. The Morgan fingerprint density at radius 2 is 1.89 bits per heavy atom. The van der Waals surface area contributed by atoms with E-state index >= 15 is 0 Å². The van der Waals surface area contributed by atoms with Crippen molar-refractivity contribution in [3.8, 4) is 0 Å². The Hall–Kier alpha value is -2.43. The predicted molar refractivity (Wildman–Crippen MR) is 72.9 cm³/mol. The fraction of sp³-hybridized carbons (Fsp3) is 0.143. The summed E-state index contributed by atoms with van der Waals surface area (Å²) in [5.74, 6) is -1.03. The number of rotatable bonds is 3. The first-order chi connectivity index (χ1) is 9.06. The van der Waals surface area contributed by atoms with Gasteiger partial charge in [-0.1, -0.05) is 0 Å². The van der Waals surface area contributed by atoms with Gasteiger partial charge in [-0.25, -0.2) is 4.98 Å². The average molecular weight is 259 g/mol. The standard InChI is InChI=1S/C14H14FN3O/c1-18(2)12-5-3-11(4-6-12)17-14(19)10-7-8-16-13(15)9-10/h3-9H,1-2H3,(H,17,19). The summed E-state index contributed by atoms with van der Waals surface area (Å²) in [6.45, 7) is 0. The van der Waals surface area contributed by atoms with Crippen LogP contribution in [0.4, 0.5) is 15.8 Å². The topological polar surface area (TPSA) is 45.2 Å². The first kappa shape index (κ1) is 13.0. The van der Waals surface area contributed by atoms with E-state index in [4.69, 9.17) is 0 Å². The number of carbonyl (C=O) groups is 1. The van der Waals surface area contributed by atoms with Crippen molar-refractivity contribution in [3.63, 3.8) is 0 Å². The number of carbonyl (C=O) groups excluding carboxylic acids is 1. The van der Waals surface area contributed by atoms with Crippen LogP contribution in [0.3, 0.4) is 0 Å². The molecule has 2 rings (SSSR count). The Balaban J connectivity index is 2.10. The molecule has 0 aliphatic heterocycles. The monoisotopic (exact) mass is 259 g/mol. The van der Waals surface area contributed by atoms with Crippen molar-refractivity contribution in [2.45, 2.75) is 0 Å². The number of hydrogen-bond donors (Lipinski definition) is 1. The molecule has 1 aromatic carbocycles. The van der Waals surface area contributed by atoms with E-state index in [0.29, 0.717) is 5.69 Å². The van der Waals surface area contributed by atoms with E-state index in [1.807, 2.05) is 31.1 Å². The molecule has 0 radical (unpaired) electrons. The molecule has 0 aliphatic carbocycles. The molecule has 4 nitrogen and oxygen atoms in total. The SMILES string of the molecule is CN(C)c1ccc(NC(=O)c2ccnc(F)c2)cc1. The first-order valence-corrected chi connectivity index (χ1v) is 5.76. The molecular formula is C14H14FN3O. The Morgan fingerprint density at radius 1 is 1.21 bits per heavy atom. The van der Waals surface area contributed by atoms with Crippen LogP contribution in [0.5, 0.6) is 0 Å². The third kappa shape index (κ3) is 3.28. The zero-order chi connectivity index (χ0) is 13.8. The van der Waals surface area contributed by atoms with Crippen LogP contribution in [-0.2, 0) is 0 Å². The summed E-state index contributed by atoms with van der Waals surface area (Å²) < 4.78 is 12.9. The minimum Gasteiger partial charge on any atom is -0.378 e. The Bertz CT molecular complexity index is 581. The van der Waals surface area contributed by atoms with Gasteiger partial charge < -0.3 is 10.2 Å². The second-order valence-electron chi connectivity index (χ2n) is 4.26. The quantitative estimate of drug-likeness (QED) is 0.861. The number of nitrogens with one attached hydrogen (secondary N) is 1. The molecule has 0 aliphatic rings. The minimum atomic E-state index is -0.671. The van der Waals surface area contributed by atoms with Gasteiger partial charge in [0, 0.05) is 43.3 Å². The predicted octanol–water partition coefficient (Wildman–Crippen LogP) is 2.54. The third-order valence-electron chi connectivity index (χ3n) is 2.63. The second-order valence-corrected chi connectivity index (χ2v) is 4.26. The van der Waals surface area contributed by atoms with Crippen LogP contribution in [0.25, 0.3) is 0 Å². The summed E-state index contributed by atoms with van der Waals surface area (Å²) >= 11 is 0. The highest BCUT2D eigenvalue weighted by Gasteiger charge is 2.07. The smallest absolute Gasteiger partial charge is 0.255 e. The summed E-state index contributed by atoms with van der Waals surface area (Å²) in [5, 5.41) is 2.70. The van der Waals surface area contributed by atoms with E-state index in [0.717, 1.165) is 11.8 Å². The highest BCUT2D eigenvalue weighted by Crippen LogP contribution is 2.16. The van der Waals surface area contributed by atoms with E-state index in [1.165, 1.54) is 12.3 Å². The van der Waals surface area contributed by atoms with Gasteiger partial charge in [0.1, 0.15) is 0 Å². The number of aromatic nitrogens is 1.